The van der Waals surface area contributed by atoms with Crippen molar-refractivity contribution in [1.29, 1.82) is 0 Å². The summed E-state index contributed by atoms with van der Waals surface area (Å²) in [5.74, 6) is 0.135. The molecule has 0 unspecified atom stereocenters. The van der Waals surface area contributed by atoms with E-state index in [1.165, 1.54) is 0 Å². The highest BCUT2D eigenvalue weighted by molar-refractivity contribution is 5.98. The van der Waals surface area contributed by atoms with Crippen molar-refractivity contribution in [3.63, 3.8) is 0 Å². The SMILES string of the molecule is CCc1cnccc1C(=O)Cc1ccncc1. The molecule has 0 N–H and O–H groups in total. The van der Waals surface area contributed by atoms with E-state index in [0.29, 0.717) is 6.42 Å². The molecule has 0 aromatic carbocycles. The zero-order valence-electron chi connectivity index (χ0n) is 9.76. The molecule has 2 aromatic heterocycles. The molecule has 0 radical (unpaired) electrons. The van der Waals surface area contributed by atoms with E-state index in [1.54, 1.807) is 30.9 Å². The smallest absolute Gasteiger partial charge is 0.167 e. The molecule has 2 rings (SSSR count). The van der Waals surface area contributed by atoms with Crippen molar-refractivity contribution in [3.8, 4) is 0 Å². The molecular formula is C14H14N2O. The lowest BCUT2D eigenvalue weighted by Crippen LogP contribution is -2.07. The predicted octanol–water partition coefficient (Wildman–Crippen LogP) is 2.46. The van der Waals surface area contributed by atoms with E-state index in [0.717, 1.165) is 23.1 Å². The number of aryl methyl sites for hydroxylation is 1. The van der Waals surface area contributed by atoms with Gasteiger partial charge in [-0.3, -0.25) is 14.8 Å². The van der Waals surface area contributed by atoms with Gasteiger partial charge in [0.05, 0.1) is 0 Å². The van der Waals surface area contributed by atoms with Gasteiger partial charge in [-0.15, -0.1) is 0 Å². The molecule has 0 amide bonds. The fraction of sp³-hybridized carbons (Fsp3) is 0.214. The molecule has 0 bridgehead atoms. The van der Waals surface area contributed by atoms with Gasteiger partial charge in [0.25, 0.3) is 0 Å². The van der Waals surface area contributed by atoms with Gasteiger partial charge in [-0.05, 0) is 35.7 Å². The van der Waals surface area contributed by atoms with Crippen molar-refractivity contribution >= 4 is 5.78 Å². The molecule has 17 heavy (non-hydrogen) atoms. The Morgan fingerprint density at radius 2 is 1.82 bits per heavy atom. The molecule has 3 heteroatoms. The highest BCUT2D eigenvalue weighted by Crippen LogP contribution is 2.11. The van der Waals surface area contributed by atoms with E-state index in [4.69, 9.17) is 0 Å². The number of ketones is 1. The number of aromatic nitrogens is 2. The standard InChI is InChI=1S/C14H14N2O/c1-2-12-10-16-8-5-13(12)14(17)9-11-3-6-15-7-4-11/h3-8,10H,2,9H2,1H3. The average Bonchev–Trinajstić information content (AvgIpc) is 2.40. The Bertz CT molecular complexity index is 509. The van der Waals surface area contributed by atoms with Crippen molar-refractivity contribution in [3.05, 3.63) is 59.7 Å². The number of carbonyl (C=O) groups is 1. The van der Waals surface area contributed by atoms with E-state index < -0.39 is 0 Å². The van der Waals surface area contributed by atoms with Gasteiger partial charge in [-0.2, -0.15) is 0 Å². The molecule has 0 aliphatic carbocycles. The van der Waals surface area contributed by atoms with E-state index in [9.17, 15) is 4.79 Å². The molecule has 3 nitrogen and oxygen atoms in total. The highest BCUT2D eigenvalue weighted by atomic mass is 16.1. The van der Waals surface area contributed by atoms with Crippen molar-refractivity contribution in [1.82, 2.24) is 9.97 Å². The molecule has 2 aromatic rings. The Morgan fingerprint density at radius 3 is 2.53 bits per heavy atom. The van der Waals surface area contributed by atoms with E-state index in [2.05, 4.69) is 9.97 Å². The van der Waals surface area contributed by atoms with Crippen LogP contribution in [-0.4, -0.2) is 15.8 Å². The maximum Gasteiger partial charge on any atom is 0.167 e. The van der Waals surface area contributed by atoms with Crippen LogP contribution in [0.1, 0.15) is 28.4 Å². The van der Waals surface area contributed by atoms with Crippen LogP contribution in [0.4, 0.5) is 0 Å². The van der Waals surface area contributed by atoms with Gasteiger partial charge >= 0.3 is 0 Å². The predicted molar refractivity (Wildman–Crippen MR) is 65.9 cm³/mol. The molecule has 0 spiro atoms. The van der Waals surface area contributed by atoms with Crippen LogP contribution in [0.2, 0.25) is 0 Å². The van der Waals surface area contributed by atoms with Gasteiger partial charge in [0, 0.05) is 36.8 Å². The number of pyridine rings is 2. The summed E-state index contributed by atoms with van der Waals surface area (Å²) in [5, 5.41) is 0. The Labute approximate surface area is 101 Å². The summed E-state index contributed by atoms with van der Waals surface area (Å²) in [6.07, 6.45) is 8.08. The molecule has 0 fully saturated rings. The summed E-state index contributed by atoms with van der Waals surface area (Å²) >= 11 is 0. The third-order valence-corrected chi connectivity index (χ3v) is 2.70. The number of hydrogen-bond donors (Lipinski definition) is 0. The minimum Gasteiger partial charge on any atom is -0.294 e. The lowest BCUT2D eigenvalue weighted by molar-refractivity contribution is 0.0992. The van der Waals surface area contributed by atoms with E-state index >= 15 is 0 Å². The van der Waals surface area contributed by atoms with Crippen LogP contribution in [0.3, 0.4) is 0 Å². The molecular weight excluding hydrogens is 212 g/mol. The molecule has 86 valence electrons. The van der Waals surface area contributed by atoms with Crippen molar-refractivity contribution in [2.24, 2.45) is 0 Å². The molecule has 0 aliphatic rings. The van der Waals surface area contributed by atoms with Crippen molar-refractivity contribution in [2.75, 3.05) is 0 Å². The minimum atomic E-state index is 0.135. The van der Waals surface area contributed by atoms with Gasteiger partial charge in [0.2, 0.25) is 0 Å². The van der Waals surface area contributed by atoms with E-state index in [1.807, 2.05) is 19.1 Å². The molecule has 0 saturated heterocycles. The van der Waals surface area contributed by atoms with Crippen LogP contribution < -0.4 is 0 Å². The first-order chi connectivity index (χ1) is 8.31. The Kier molecular flexibility index (Phi) is 3.60. The Hall–Kier alpha value is -2.03. The maximum absolute atomic E-state index is 12.1. The van der Waals surface area contributed by atoms with Crippen LogP contribution in [0, 0.1) is 0 Å². The van der Waals surface area contributed by atoms with Crippen LogP contribution in [0.15, 0.2) is 43.0 Å². The zero-order chi connectivity index (χ0) is 12.1. The summed E-state index contributed by atoms with van der Waals surface area (Å²) in [6.45, 7) is 2.03. The zero-order valence-corrected chi connectivity index (χ0v) is 9.76. The Morgan fingerprint density at radius 1 is 1.12 bits per heavy atom. The number of hydrogen-bond acceptors (Lipinski definition) is 3. The van der Waals surface area contributed by atoms with Crippen molar-refractivity contribution < 1.29 is 4.79 Å². The second-order valence-corrected chi connectivity index (χ2v) is 3.84. The summed E-state index contributed by atoms with van der Waals surface area (Å²) in [5.41, 5.74) is 2.77. The first-order valence-electron chi connectivity index (χ1n) is 5.66. The third-order valence-electron chi connectivity index (χ3n) is 2.70. The van der Waals surface area contributed by atoms with Gasteiger partial charge in [0.15, 0.2) is 5.78 Å². The number of carbonyl (C=O) groups excluding carboxylic acids is 1. The summed E-state index contributed by atoms with van der Waals surface area (Å²) in [6, 6.07) is 5.53. The first kappa shape index (κ1) is 11.5. The summed E-state index contributed by atoms with van der Waals surface area (Å²) in [7, 11) is 0. The average molecular weight is 226 g/mol. The summed E-state index contributed by atoms with van der Waals surface area (Å²) in [4.78, 5) is 20.1. The number of rotatable bonds is 4. The topological polar surface area (TPSA) is 42.9 Å². The molecule has 0 aliphatic heterocycles. The van der Waals surface area contributed by atoms with Gasteiger partial charge in [0.1, 0.15) is 0 Å². The molecule has 0 saturated carbocycles. The number of Topliss-reactive ketones (excluding diaryl/α,β-unsaturated/α-hetero) is 1. The molecule has 2 heterocycles. The second-order valence-electron chi connectivity index (χ2n) is 3.84. The van der Waals surface area contributed by atoms with E-state index in [-0.39, 0.29) is 5.78 Å². The third kappa shape index (κ3) is 2.75. The van der Waals surface area contributed by atoms with Crippen LogP contribution in [-0.2, 0) is 12.8 Å². The molecule has 0 atom stereocenters. The maximum atomic E-state index is 12.1. The lowest BCUT2D eigenvalue weighted by atomic mass is 9.99. The fourth-order valence-corrected chi connectivity index (χ4v) is 1.76. The second kappa shape index (κ2) is 5.34. The summed E-state index contributed by atoms with van der Waals surface area (Å²) < 4.78 is 0. The first-order valence-corrected chi connectivity index (χ1v) is 5.66. The van der Waals surface area contributed by atoms with Crippen molar-refractivity contribution in [2.45, 2.75) is 19.8 Å². The van der Waals surface area contributed by atoms with Gasteiger partial charge < -0.3 is 0 Å². The van der Waals surface area contributed by atoms with Crippen LogP contribution in [0.25, 0.3) is 0 Å². The highest BCUT2D eigenvalue weighted by Gasteiger charge is 2.10. The largest absolute Gasteiger partial charge is 0.294 e. The normalized spacial score (nSPS) is 10.2. The van der Waals surface area contributed by atoms with Crippen LogP contribution in [0.5, 0.6) is 0 Å². The minimum absolute atomic E-state index is 0.135. The fourth-order valence-electron chi connectivity index (χ4n) is 1.76. The van der Waals surface area contributed by atoms with Gasteiger partial charge in [-0.1, -0.05) is 6.92 Å². The number of nitrogens with zero attached hydrogens (tertiary/aromatic N) is 2. The Balaban J connectivity index is 2.20. The lowest BCUT2D eigenvalue weighted by Gasteiger charge is -2.05. The quantitative estimate of drug-likeness (QED) is 0.752. The monoisotopic (exact) mass is 226 g/mol. The van der Waals surface area contributed by atoms with Crippen LogP contribution >= 0.6 is 0 Å². The van der Waals surface area contributed by atoms with Gasteiger partial charge in [-0.25, -0.2) is 0 Å².